The highest BCUT2D eigenvalue weighted by atomic mass is 15.1. The molecule has 0 radical (unpaired) electrons. The van der Waals surface area contributed by atoms with Gasteiger partial charge in [-0.2, -0.15) is 0 Å². The lowest BCUT2D eigenvalue weighted by molar-refractivity contribution is 0.768. The Balaban J connectivity index is 1.04. The highest BCUT2D eigenvalue weighted by molar-refractivity contribution is 6.10. The molecule has 1 aliphatic carbocycles. The molecule has 10 aromatic carbocycles. The molecule has 0 amide bonds. The van der Waals surface area contributed by atoms with Gasteiger partial charge in [0.2, 0.25) is 0 Å². The fourth-order valence-corrected chi connectivity index (χ4v) is 10.1. The second-order valence-corrected chi connectivity index (χ2v) is 15.7. The molecule has 1 heterocycles. The molecule has 1 aromatic heterocycles. The van der Waals surface area contributed by atoms with Gasteiger partial charge in [0, 0.05) is 33.5 Å². The zero-order chi connectivity index (χ0) is 38.9. The third-order valence-corrected chi connectivity index (χ3v) is 12.7. The lowest BCUT2D eigenvalue weighted by Gasteiger charge is -2.34. The Bertz CT molecular complexity index is 3280. The number of aromatic nitrogens is 1. The Morgan fingerprint density at radius 3 is 1.46 bits per heavy atom. The summed E-state index contributed by atoms with van der Waals surface area (Å²) < 4.78 is 2.38. The molecule has 0 unspecified atom stereocenters. The number of hydrogen-bond acceptors (Lipinski definition) is 1. The van der Waals surface area contributed by atoms with E-state index in [1.165, 1.54) is 76.7 Å². The van der Waals surface area contributed by atoms with Gasteiger partial charge in [-0.3, -0.25) is 0 Å². The third-order valence-electron chi connectivity index (χ3n) is 12.7. The summed E-state index contributed by atoms with van der Waals surface area (Å²) >= 11 is 0. The van der Waals surface area contributed by atoms with Crippen LogP contribution in [0.2, 0.25) is 0 Å². The summed E-state index contributed by atoms with van der Waals surface area (Å²) in [7, 11) is 0. The monoisotopic (exact) mass is 750 g/mol. The second-order valence-electron chi connectivity index (χ2n) is 15.7. The summed E-state index contributed by atoms with van der Waals surface area (Å²) in [5, 5.41) is 7.52. The van der Waals surface area contributed by atoms with Crippen molar-refractivity contribution in [2.24, 2.45) is 0 Å². The first-order valence-electron chi connectivity index (χ1n) is 20.4. The quantitative estimate of drug-likeness (QED) is 0.154. The van der Waals surface area contributed by atoms with E-state index in [1.54, 1.807) is 0 Å². The van der Waals surface area contributed by atoms with Crippen molar-refractivity contribution in [2.75, 3.05) is 4.90 Å². The van der Waals surface area contributed by atoms with Gasteiger partial charge in [-0.05, 0) is 116 Å². The molecular weight excluding hydrogens is 713 g/mol. The Morgan fingerprint density at radius 1 is 0.322 bits per heavy atom. The minimum Gasteiger partial charge on any atom is -0.310 e. The molecule has 0 saturated carbocycles. The topological polar surface area (TPSA) is 8.17 Å². The first kappa shape index (κ1) is 33.5. The molecule has 59 heavy (non-hydrogen) atoms. The third kappa shape index (κ3) is 5.00. The van der Waals surface area contributed by atoms with E-state index in [0.717, 1.165) is 22.7 Å². The molecule has 0 bridgehead atoms. The molecule has 0 aliphatic heterocycles. The summed E-state index contributed by atoms with van der Waals surface area (Å²) in [6.45, 7) is 0. The molecule has 12 rings (SSSR count). The van der Waals surface area contributed by atoms with E-state index in [2.05, 4.69) is 240 Å². The van der Waals surface area contributed by atoms with Gasteiger partial charge in [0.1, 0.15) is 0 Å². The van der Waals surface area contributed by atoms with Gasteiger partial charge in [0.25, 0.3) is 0 Å². The Labute approximate surface area is 343 Å². The molecule has 0 fully saturated rings. The average molecular weight is 751 g/mol. The van der Waals surface area contributed by atoms with Crippen LogP contribution in [0.1, 0.15) is 22.3 Å². The normalized spacial score (nSPS) is 12.9. The molecule has 0 N–H and O–H groups in total. The SMILES string of the molecule is c1ccc(C2(c3ccc(N(c4ccc(-n5c6ccccc6c6ccccc65)cc4)c4ccc5c(ccc6ccccc65)c4)cc3)c3ccccc3-c3ccccc32)cc1. The largest absolute Gasteiger partial charge is 0.310 e. The van der Waals surface area contributed by atoms with Gasteiger partial charge in [-0.1, -0.05) is 170 Å². The number of para-hydroxylation sites is 2. The first-order valence-corrected chi connectivity index (χ1v) is 20.4. The van der Waals surface area contributed by atoms with Crippen molar-refractivity contribution in [3.8, 4) is 16.8 Å². The van der Waals surface area contributed by atoms with Crippen molar-refractivity contribution in [1.29, 1.82) is 0 Å². The standard InChI is InChI=1S/C57H38N2/c1-2-15-41(16-3-1)57(53-22-10-6-18-49(53)50-19-7-11-23-54(50)57)42-28-30-43(31-29-42)58(46-36-37-48-40(38-46)27-26-39-14-4-5-17-47(39)48)44-32-34-45(35-33-44)59-55-24-12-8-20-51(55)52-21-9-13-25-56(52)59/h1-38H. The molecule has 1 aliphatic rings. The fraction of sp³-hybridized carbons (Fsp3) is 0.0175. The Morgan fingerprint density at radius 2 is 0.797 bits per heavy atom. The van der Waals surface area contributed by atoms with E-state index >= 15 is 0 Å². The van der Waals surface area contributed by atoms with Crippen LogP contribution in [-0.4, -0.2) is 4.57 Å². The van der Waals surface area contributed by atoms with E-state index in [-0.39, 0.29) is 0 Å². The predicted molar refractivity (Wildman–Crippen MR) is 248 cm³/mol. The number of rotatable bonds is 6. The molecule has 11 aromatic rings. The zero-order valence-corrected chi connectivity index (χ0v) is 32.3. The van der Waals surface area contributed by atoms with Crippen LogP contribution in [0.5, 0.6) is 0 Å². The van der Waals surface area contributed by atoms with Gasteiger partial charge in [-0.15, -0.1) is 0 Å². The van der Waals surface area contributed by atoms with Crippen molar-refractivity contribution in [3.63, 3.8) is 0 Å². The van der Waals surface area contributed by atoms with E-state index in [1.807, 2.05) is 0 Å². The average Bonchev–Trinajstić information content (AvgIpc) is 3.81. The summed E-state index contributed by atoms with van der Waals surface area (Å²) in [6.07, 6.45) is 0. The molecule has 2 nitrogen and oxygen atoms in total. The van der Waals surface area contributed by atoms with E-state index in [9.17, 15) is 0 Å². The molecule has 2 heteroatoms. The maximum atomic E-state index is 2.40. The second kappa shape index (κ2) is 13.2. The highest BCUT2D eigenvalue weighted by Crippen LogP contribution is 2.56. The van der Waals surface area contributed by atoms with Crippen molar-refractivity contribution < 1.29 is 0 Å². The van der Waals surface area contributed by atoms with Crippen LogP contribution in [0.3, 0.4) is 0 Å². The first-order chi connectivity index (χ1) is 29.3. The predicted octanol–water partition coefficient (Wildman–Crippen LogP) is 14.9. The van der Waals surface area contributed by atoms with E-state index < -0.39 is 5.41 Å². The summed E-state index contributed by atoms with van der Waals surface area (Å²) in [6, 6.07) is 84.8. The van der Waals surface area contributed by atoms with Crippen LogP contribution in [0.4, 0.5) is 17.1 Å². The minimum atomic E-state index is -0.453. The summed E-state index contributed by atoms with van der Waals surface area (Å²) in [5.41, 5.74) is 14.1. The molecule has 0 atom stereocenters. The van der Waals surface area contributed by atoms with E-state index in [4.69, 9.17) is 0 Å². The van der Waals surface area contributed by atoms with Gasteiger partial charge < -0.3 is 9.47 Å². The van der Waals surface area contributed by atoms with Gasteiger partial charge in [-0.25, -0.2) is 0 Å². The minimum absolute atomic E-state index is 0.453. The van der Waals surface area contributed by atoms with Crippen LogP contribution < -0.4 is 4.90 Å². The number of nitrogens with zero attached hydrogens (tertiary/aromatic N) is 2. The van der Waals surface area contributed by atoms with Gasteiger partial charge in [0.15, 0.2) is 0 Å². The van der Waals surface area contributed by atoms with Crippen LogP contribution in [0.15, 0.2) is 231 Å². The number of benzene rings is 10. The van der Waals surface area contributed by atoms with Crippen LogP contribution in [0.25, 0.3) is 60.2 Å². The number of anilines is 3. The number of hydrogen-bond donors (Lipinski definition) is 0. The molecular formula is C57H38N2. The summed E-state index contributed by atoms with van der Waals surface area (Å²) in [5.74, 6) is 0. The number of fused-ring (bicyclic) bond motifs is 9. The van der Waals surface area contributed by atoms with Crippen molar-refractivity contribution in [3.05, 3.63) is 253 Å². The van der Waals surface area contributed by atoms with Gasteiger partial charge in [0.05, 0.1) is 16.4 Å². The highest BCUT2D eigenvalue weighted by Gasteiger charge is 2.45. The van der Waals surface area contributed by atoms with Crippen molar-refractivity contribution in [1.82, 2.24) is 4.57 Å². The van der Waals surface area contributed by atoms with Crippen LogP contribution in [0, 0.1) is 0 Å². The van der Waals surface area contributed by atoms with Gasteiger partial charge >= 0.3 is 0 Å². The maximum Gasteiger partial charge on any atom is 0.0713 e. The Hall–Kier alpha value is -7.68. The van der Waals surface area contributed by atoms with E-state index in [0.29, 0.717) is 0 Å². The Kier molecular flexibility index (Phi) is 7.48. The van der Waals surface area contributed by atoms with Crippen molar-refractivity contribution in [2.45, 2.75) is 5.41 Å². The molecule has 0 spiro atoms. The zero-order valence-electron chi connectivity index (χ0n) is 32.3. The van der Waals surface area contributed by atoms with Crippen LogP contribution in [-0.2, 0) is 5.41 Å². The van der Waals surface area contributed by atoms with Crippen LogP contribution >= 0.6 is 0 Å². The molecule has 276 valence electrons. The van der Waals surface area contributed by atoms with Crippen molar-refractivity contribution >= 4 is 60.4 Å². The lowest BCUT2D eigenvalue weighted by atomic mass is 9.68. The smallest absolute Gasteiger partial charge is 0.0713 e. The molecule has 0 saturated heterocycles. The maximum absolute atomic E-state index is 2.40. The fourth-order valence-electron chi connectivity index (χ4n) is 10.1. The lowest BCUT2D eigenvalue weighted by Crippen LogP contribution is -2.28. The summed E-state index contributed by atoms with van der Waals surface area (Å²) in [4.78, 5) is 2.40.